The maximum absolute atomic E-state index is 11.2. The highest BCUT2D eigenvalue weighted by atomic mass is 35.5. The van der Waals surface area contributed by atoms with Gasteiger partial charge in [-0.1, -0.05) is 24.3 Å². The van der Waals surface area contributed by atoms with Gasteiger partial charge in [-0.05, 0) is 13.1 Å². The number of sulfonamides is 1. The summed E-state index contributed by atoms with van der Waals surface area (Å²) in [5.41, 5.74) is 1.35. The number of aliphatic imine (C=N–C) groups is 1. The second-order valence-electron chi connectivity index (χ2n) is 2.54. The number of allylic oxidation sites excluding steroid dienone is 1. The molecule has 5 nitrogen and oxygen atoms in total. The van der Waals surface area contributed by atoms with Gasteiger partial charge >= 0.3 is 0 Å². The van der Waals surface area contributed by atoms with Crippen LogP contribution in [0, 0.1) is 0 Å². The van der Waals surface area contributed by atoms with Crippen LogP contribution >= 0.6 is 11.6 Å². The van der Waals surface area contributed by atoms with Gasteiger partial charge in [0.05, 0.1) is 5.75 Å². The summed E-state index contributed by atoms with van der Waals surface area (Å²) in [5, 5.41) is 2.53. The number of halogens is 1. The molecular formula is C9H14ClN3O2S. The topological polar surface area (TPSA) is 70.9 Å². The van der Waals surface area contributed by atoms with Crippen molar-refractivity contribution in [1.82, 2.24) is 5.32 Å². The molecule has 0 atom stereocenters. The third-order valence-electron chi connectivity index (χ3n) is 1.37. The van der Waals surface area contributed by atoms with E-state index in [1.54, 1.807) is 6.08 Å². The first-order valence-corrected chi connectivity index (χ1v) is 6.58. The van der Waals surface area contributed by atoms with Crippen molar-refractivity contribution in [3.8, 4) is 0 Å². The third-order valence-corrected chi connectivity index (χ3v) is 2.72. The lowest BCUT2D eigenvalue weighted by atomic mass is 10.5. The summed E-state index contributed by atoms with van der Waals surface area (Å²) in [6.45, 7) is 4.91. The molecule has 0 aromatic rings. The van der Waals surface area contributed by atoms with Crippen molar-refractivity contribution >= 4 is 33.8 Å². The number of nitrogens with zero attached hydrogens (tertiary/aromatic N) is 2. The van der Waals surface area contributed by atoms with Crippen molar-refractivity contribution in [3.63, 3.8) is 0 Å². The molecular weight excluding hydrogens is 250 g/mol. The van der Waals surface area contributed by atoms with Crippen LogP contribution in [0.25, 0.3) is 0 Å². The van der Waals surface area contributed by atoms with E-state index in [1.807, 2.05) is 0 Å². The fourth-order valence-corrected chi connectivity index (χ4v) is 1.22. The Morgan fingerprint density at radius 2 is 2.25 bits per heavy atom. The molecule has 0 aromatic heterocycles. The SMILES string of the molecule is C=CNC(N=CC/C=C/Cl)=NS(=O)(=O)CC. The number of hydrogen-bond donors (Lipinski definition) is 1. The fraction of sp³-hybridized carbons (Fsp3) is 0.333. The molecule has 7 heteroatoms. The van der Waals surface area contributed by atoms with Crippen molar-refractivity contribution in [2.45, 2.75) is 13.3 Å². The molecule has 0 bridgehead atoms. The first-order valence-electron chi connectivity index (χ1n) is 4.53. The van der Waals surface area contributed by atoms with Gasteiger partial charge < -0.3 is 5.32 Å². The van der Waals surface area contributed by atoms with E-state index in [1.165, 1.54) is 24.9 Å². The summed E-state index contributed by atoms with van der Waals surface area (Å²) in [4.78, 5) is 3.84. The molecule has 0 saturated heterocycles. The van der Waals surface area contributed by atoms with Crippen LogP contribution in [0.1, 0.15) is 13.3 Å². The molecule has 1 N–H and O–H groups in total. The first kappa shape index (κ1) is 14.9. The minimum absolute atomic E-state index is 0.0141. The van der Waals surface area contributed by atoms with Crippen molar-refractivity contribution in [2.75, 3.05) is 5.75 Å². The molecule has 0 aliphatic heterocycles. The van der Waals surface area contributed by atoms with Gasteiger partial charge in [0.15, 0.2) is 0 Å². The third kappa shape index (κ3) is 7.19. The van der Waals surface area contributed by atoms with Gasteiger partial charge in [0.1, 0.15) is 0 Å². The predicted octanol–water partition coefficient (Wildman–Crippen LogP) is 1.64. The van der Waals surface area contributed by atoms with E-state index in [0.29, 0.717) is 6.42 Å². The van der Waals surface area contributed by atoms with Crippen LogP contribution in [0.15, 0.2) is 33.8 Å². The van der Waals surface area contributed by atoms with Gasteiger partial charge in [-0.2, -0.15) is 0 Å². The van der Waals surface area contributed by atoms with E-state index in [2.05, 4.69) is 21.3 Å². The Morgan fingerprint density at radius 3 is 2.75 bits per heavy atom. The van der Waals surface area contributed by atoms with Crippen LogP contribution in [0.3, 0.4) is 0 Å². The standard InChI is InChI=1S/C9H14ClN3O2S/c1-3-11-9(12-8-6-5-7-10)13-16(14,15)4-2/h3,5,7-8H,1,4,6H2,2H3,(H,11,13)/b7-5+,12-8?. The fourth-order valence-electron chi connectivity index (χ4n) is 0.626. The monoisotopic (exact) mass is 263 g/mol. The Bertz CT molecular complexity index is 399. The van der Waals surface area contributed by atoms with Crippen LogP contribution in [-0.4, -0.2) is 26.3 Å². The van der Waals surface area contributed by atoms with Crippen LogP contribution in [-0.2, 0) is 10.0 Å². The van der Waals surface area contributed by atoms with Crippen molar-refractivity contribution in [2.24, 2.45) is 9.39 Å². The average molecular weight is 264 g/mol. The molecule has 0 spiro atoms. The van der Waals surface area contributed by atoms with Crippen LogP contribution in [0.4, 0.5) is 0 Å². The van der Waals surface area contributed by atoms with E-state index in [-0.39, 0.29) is 11.7 Å². The highest BCUT2D eigenvalue weighted by molar-refractivity contribution is 7.90. The quantitative estimate of drug-likeness (QED) is 0.605. The lowest BCUT2D eigenvalue weighted by Gasteiger charge is -1.99. The Balaban J connectivity index is 4.74. The Morgan fingerprint density at radius 1 is 1.56 bits per heavy atom. The van der Waals surface area contributed by atoms with Crippen molar-refractivity contribution in [1.29, 1.82) is 0 Å². The van der Waals surface area contributed by atoms with Gasteiger partial charge in [0.25, 0.3) is 10.0 Å². The predicted molar refractivity (Wildman–Crippen MR) is 68.3 cm³/mol. The minimum atomic E-state index is -3.46. The zero-order valence-electron chi connectivity index (χ0n) is 8.93. The summed E-state index contributed by atoms with van der Waals surface area (Å²) in [6, 6.07) is 0. The molecule has 90 valence electrons. The van der Waals surface area contributed by atoms with E-state index in [0.717, 1.165) is 0 Å². The highest BCUT2D eigenvalue weighted by Crippen LogP contribution is 1.93. The molecule has 0 fully saturated rings. The maximum Gasteiger partial charge on any atom is 0.256 e. The van der Waals surface area contributed by atoms with E-state index in [9.17, 15) is 8.42 Å². The molecule has 0 heterocycles. The second-order valence-corrected chi connectivity index (χ2v) is 4.72. The second kappa shape index (κ2) is 8.06. The molecule has 0 amide bonds. The van der Waals surface area contributed by atoms with Gasteiger partial charge in [-0.25, -0.2) is 13.4 Å². The normalized spacial score (nSPS) is 13.5. The van der Waals surface area contributed by atoms with E-state index < -0.39 is 10.0 Å². The number of rotatable bonds is 5. The Hall–Kier alpha value is -1.14. The Labute approximate surface area is 101 Å². The van der Waals surface area contributed by atoms with Crippen LogP contribution < -0.4 is 5.32 Å². The molecule has 0 saturated carbocycles. The molecule has 0 aliphatic rings. The van der Waals surface area contributed by atoms with Gasteiger partial charge in [0.2, 0.25) is 5.96 Å². The molecule has 0 rings (SSSR count). The number of hydrogen-bond acceptors (Lipinski definition) is 2. The average Bonchev–Trinajstić information content (AvgIpc) is 2.24. The van der Waals surface area contributed by atoms with Crippen molar-refractivity contribution in [3.05, 3.63) is 24.4 Å². The summed E-state index contributed by atoms with van der Waals surface area (Å²) in [6.07, 6.45) is 4.94. The van der Waals surface area contributed by atoms with E-state index in [4.69, 9.17) is 11.6 Å². The summed E-state index contributed by atoms with van der Waals surface area (Å²) in [5.74, 6) is -0.0910. The number of nitrogens with one attached hydrogen (secondary N) is 1. The summed E-state index contributed by atoms with van der Waals surface area (Å²) in [7, 11) is -3.46. The van der Waals surface area contributed by atoms with Crippen molar-refractivity contribution < 1.29 is 8.42 Å². The maximum atomic E-state index is 11.2. The zero-order valence-corrected chi connectivity index (χ0v) is 10.5. The minimum Gasteiger partial charge on any atom is -0.331 e. The van der Waals surface area contributed by atoms with E-state index >= 15 is 0 Å². The smallest absolute Gasteiger partial charge is 0.256 e. The molecule has 0 unspecified atom stereocenters. The summed E-state index contributed by atoms with van der Waals surface area (Å²) >= 11 is 5.31. The molecule has 0 aliphatic carbocycles. The zero-order chi connectivity index (χ0) is 12.4. The lowest BCUT2D eigenvalue weighted by molar-refractivity contribution is 0.599. The van der Waals surface area contributed by atoms with Crippen LogP contribution in [0.5, 0.6) is 0 Å². The first-order chi connectivity index (χ1) is 7.55. The van der Waals surface area contributed by atoms with Crippen LogP contribution in [0.2, 0.25) is 0 Å². The molecule has 0 aromatic carbocycles. The molecule has 16 heavy (non-hydrogen) atoms. The highest BCUT2D eigenvalue weighted by Gasteiger charge is 2.05. The Kier molecular flexibility index (Phi) is 7.49. The largest absolute Gasteiger partial charge is 0.331 e. The lowest BCUT2D eigenvalue weighted by Crippen LogP contribution is -2.17. The molecule has 0 radical (unpaired) electrons. The summed E-state index contributed by atoms with van der Waals surface area (Å²) < 4.78 is 25.9. The van der Waals surface area contributed by atoms with Gasteiger partial charge in [0, 0.05) is 18.2 Å². The van der Waals surface area contributed by atoms with Gasteiger partial charge in [-0.3, -0.25) is 0 Å². The number of guanidine groups is 1. The van der Waals surface area contributed by atoms with Gasteiger partial charge in [-0.15, -0.1) is 4.40 Å².